The number of nitrogens with two attached hydrogens (primary N) is 1. The third-order valence-electron chi connectivity index (χ3n) is 2.67. The fraction of sp³-hybridized carbons (Fsp3) is 0.0714. The summed E-state index contributed by atoms with van der Waals surface area (Å²) < 4.78 is 26.7. The zero-order valence-electron chi connectivity index (χ0n) is 10.5. The van der Waals surface area contributed by atoms with Crippen LogP contribution in [0.3, 0.4) is 0 Å². The monoisotopic (exact) mass is 296 g/mol. The average Bonchev–Trinajstić information content (AvgIpc) is 2.38. The third kappa shape index (κ3) is 2.88. The van der Waals surface area contributed by atoms with Crippen LogP contribution in [0, 0.1) is 18.6 Å². The van der Waals surface area contributed by atoms with Gasteiger partial charge in [-0.05, 0) is 42.8 Å². The van der Waals surface area contributed by atoms with Crippen LogP contribution < -0.4 is 11.1 Å². The molecular formula is C14H11ClF2N2O. The maximum atomic E-state index is 13.6. The van der Waals surface area contributed by atoms with Crippen LogP contribution in [-0.4, -0.2) is 5.91 Å². The molecule has 2 rings (SSSR count). The number of benzene rings is 2. The molecule has 0 saturated heterocycles. The van der Waals surface area contributed by atoms with Crippen LogP contribution in [0.15, 0.2) is 30.3 Å². The van der Waals surface area contributed by atoms with Gasteiger partial charge in [-0.25, -0.2) is 8.78 Å². The summed E-state index contributed by atoms with van der Waals surface area (Å²) in [5, 5.41) is 2.63. The van der Waals surface area contributed by atoms with Gasteiger partial charge in [0, 0.05) is 10.6 Å². The van der Waals surface area contributed by atoms with Crippen molar-refractivity contribution in [2.75, 3.05) is 11.1 Å². The molecule has 0 radical (unpaired) electrons. The topological polar surface area (TPSA) is 55.1 Å². The van der Waals surface area contributed by atoms with Gasteiger partial charge in [0.05, 0.1) is 5.69 Å². The molecule has 0 spiro atoms. The highest BCUT2D eigenvalue weighted by Gasteiger charge is 2.16. The Kier molecular flexibility index (Phi) is 3.90. The number of carbonyl (C=O) groups excluding carboxylic acids is 1. The number of hydrogen-bond donors (Lipinski definition) is 2. The van der Waals surface area contributed by atoms with Crippen LogP contribution in [0.1, 0.15) is 15.9 Å². The molecule has 3 N–H and O–H groups in total. The highest BCUT2D eigenvalue weighted by atomic mass is 35.5. The second kappa shape index (κ2) is 5.46. The molecule has 0 aliphatic carbocycles. The Morgan fingerprint density at radius 1 is 1.25 bits per heavy atom. The summed E-state index contributed by atoms with van der Waals surface area (Å²) in [6.07, 6.45) is 0. The van der Waals surface area contributed by atoms with Crippen LogP contribution in [0.4, 0.5) is 20.2 Å². The van der Waals surface area contributed by atoms with E-state index in [0.29, 0.717) is 5.02 Å². The number of aryl methyl sites for hydroxylation is 1. The quantitative estimate of drug-likeness (QED) is 0.829. The van der Waals surface area contributed by atoms with Crippen LogP contribution >= 0.6 is 11.6 Å². The Morgan fingerprint density at radius 2 is 1.95 bits per heavy atom. The Labute approximate surface area is 119 Å². The summed E-state index contributed by atoms with van der Waals surface area (Å²) in [6.45, 7) is 1.76. The van der Waals surface area contributed by atoms with Gasteiger partial charge in [-0.3, -0.25) is 4.79 Å². The molecular weight excluding hydrogens is 286 g/mol. The number of nitrogens with one attached hydrogen (secondary N) is 1. The van der Waals surface area contributed by atoms with E-state index in [1.807, 2.05) is 0 Å². The zero-order valence-corrected chi connectivity index (χ0v) is 11.3. The first kappa shape index (κ1) is 14.3. The van der Waals surface area contributed by atoms with E-state index in [9.17, 15) is 13.6 Å². The maximum Gasteiger partial charge on any atom is 0.255 e. The highest BCUT2D eigenvalue weighted by Crippen LogP contribution is 2.25. The summed E-state index contributed by atoms with van der Waals surface area (Å²) in [7, 11) is 0. The molecule has 0 unspecified atom stereocenters. The molecule has 0 aromatic heterocycles. The number of hydrogen-bond acceptors (Lipinski definition) is 2. The van der Waals surface area contributed by atoms with Crippen molar-refractivity contribution in [1.29, 1.82) is 0 Å². The lowest BCUT2D eigenvalue weighted by molar-refractivity contribution is 0.102. The molecule has 0 heterocycles. The van der Waals surface area contributed by atoms with E-state index in [-0.39, 0.29) is 16.9 Å². The lowest BCUT2D eigenvalue weighted by Crippen LogP contribution is -2.15. The van der Waals surface area contributed by atoms with Gasteiger partial charge in [-0.1, -0.05) is 11.6 Å². The van der Waals surface area contributed by atoms with Gasteiger partial charge in [0.15, 0.2) is 11.6 Å². The van der Waals surface area contributed by atoms with Gasteiger partial charge in [0.25, 0.3) is 5.91 Å². The standard InChI is InChI=1S/C14H11ClF2N2O/c1-7-4-8(6-9(15)5-7)14(20)19-13-11(18)3-2-10(16)12(13)17/h2-6H,18H2,1H3,(H,19,20). The number of nitrogen functional groups attached to an aromatic ring is 1. The van der Waals surface area contributed by atoms with Crippen molar-refractivity contribution in [1.82, 2.24) is 0 Å². The van der Waals surface area contributed by atoms with Crippen molar-refractivity contribution >= 4 is 28.9 Å². The van der Waals surface area contributed by atoms with Crippen molar-refractivity contribution in [3.05, 3.63) is 58.1 Å². The molecule has 2 aromatic carbocycles. The van der Waals surface area contributed by atoms with E-state index >= 15 is 0 Å². The second-order valence-corrected chi connectivity index (χ2v) is 4.73. The fourth-order valence-corrected chi connectivity index (χ4v) is 2.04. The lowest BCUT2D eigenvalue weighted by atomic mass is 10.1. The third-order valence-corrected chi connectivity index (χ3v) is 2.89. The first-order valence-electron chi connectivity index (χ1n) is 5.70. The van der Waals surface area contributed by atoms with Crippen molar-refractivity contribution in [3.8, 4) is 0 Å². The molecule has 6 heteroatoms. The summed E-state index contributed by atoms with van der Waals surface area (Å²) in [5.41, 5.74) is 6.10. The number of carbonyl (C=O) groups is 1. The van der Waals surface area contributed by atoms with E-state index in [4.69, 9.17) is 17.3 Å². The van der Waals surface area contributed by atoms with E-state index < -0.39 is 17.5 Å². The van der Waals surface area contributed by atoms with Crippen LogP contribution in [0.5, 0.6) is 0 Å². The molecule has 0 saturated carbocycles. The minimum absolute atomic E-state index is 0.0593. The van der Waals surface area contributed by atoms with Crippen LogP contribution in [0.2, 0.25) is 5.02 Å². The van der Waals surface area contributed by atoms with E-state index in [2.05, 4.69) is 5.32 Å². The first-order valence-corrected chi connectivity index (χ1v) is 6.08. The predicted molar refractivity (Wildman–Crippen MR) is 74.9 cm³/mol. The van der Waals surface area contributed by atoms with Gasteiger partial charge in [-0.2, -0.15) is 0 Å². The molecule has 3 nitrogen and oxygen atoms in total. The molecule has 0 aliphatic heterocycles. The predicted octanol–water partition coefficient (Wildman–Crippen LogP) is 3.76. The van der Waals surface area contributed by atoms with E-state index in [1.165, 1.54) is 12.1 Å². The number of rotatable bonds is 2. The smallest absolute Gasteiger partial charge is 0.255 e. The fourth-order valence-electron chi connectivity index (χ4n) is 1.75. The van der Waals surface area contributed by atoms with Gasteiger partial charge < -0.3 is 11.1 Å². The molecule has 1 amide bonds. The van der Waals surface area contributed by atoms with Gasteiger partial charge in [0.1, 0.15) is 5.69 Å². The number of halogens is 3. The Hall–Kier alpha value is -2.14. The van der Waals surface area contributed by atoms with Gasteiger partial charge in [-0.15, -0.1) is 0 Å². The second-order valence-electron chi connectivity index (χ2n) is 4.30. The van der Waals surface area contributed by atoms with Crippen molar-refractivity contribution in [2.24, 2.45) is 0 Å². The normalized spacial score (nSPS) is 10.4. The SMILES string of the molecule is Cc1cc(Cl)cc(C(=O)Nc2c(N)ccc(F)c2F)c1. The molecule has 0 aliphatic rings. The largest absolute Gasteiger partial charge is 0.397 e. The average molecular weight is 297 g/mol. The Morgan fingerprint density at radius 3 is 2.60 bits per heavy atom. The molecule has 0 bridgehead atoms. The van der Waals surface area contributed by atoms with E-state index in [0.717, 1.165) is 11.6 Å². The van der Waals surface area contributed by atoms with E-state index in [1.54, 1.807) is 19.1 Å². The minimum Gasteiger partial charge on any atom is -0.397 e. The van der Waals surface area contributed by atoms with Crippen molar-refractivity contribution in [2.45, 2.75) is 6.92 Å². The molecule has 0 atom stereocenters. The minimum atomic E-state index is -1.20. The Balaban J connectivity index is 2.35. The van der Waals surface area contributed by atoms with Crippen LogP contribution in [-0.2, 0) is 0 Å². The molecule has 104 valence electrons. The summed E-state index contributed by atoms with van der Waals surface area (Å²) in [4.78, 5) is 12.0. The van der Waals surface area contributed by atoms with Gasteiger partial charge in [0.2, 0.25) is 0 Å². The molecule has 20 heavy (non-hydrogen) atoms. The molecule has 2 aromatic rings. The Bertz CT molecular complexity index is 669. The van der Waals surface area contributed by atoms with Crippen molar-refractivity contribution < 1.29 is 13.6 Å². The number of anilines is 2. The van der Waals surface area contributed by atoms with Gasteiger partial charge >= 0.3 is 0 Å². The summed E-state index contributed by atoms with van der Waals surface area (Å²) in [6, 6.07) is 6.75. The summed E-state index contributed by atoms with van der Waals surface area (Å²) >= 11 is 5.85. The molecule has 0 fully saturated rings. The van der Waals surface area contributed by atoms with Crippen LogP contribution in [0.25, 0.3) is 0 Å². The summed E-state index contributed by atoms with van der Waals surface area (Å²) in [5.74, 6) is -2.90. The highest BCUT2D eigenvalue weighted by molar-refractivity contribution is 6.31. The van der Waals surface area contributed by atoms with Crippen molar-refractivity contribution in [3.63, 3.8) is 0 Å². The number of amides is 1. The maximum absolute atomic E-state index is 13.6. The first-order chi connectivity index (χ1) is 9.38. The zero-order chi connectivity index (χ0) is 14.9. The lowest BCUT2D eigenvalue weighted by Gasteiger charge is -2.10.